The Bertz CT molecular complexity index is 579. The van der Waals surface area contributed by atoms with E-state index < -0.39 is 0 Å². The van der Waals surface area contributed by atoms with Gasteiger partial charge in [-0.25, -0.2) is 0 Å². The highest BCUT2D eigenvalue weighted by Crippen LogP contribution is 2.16. The molecule has 1 aromatic carbocycles. The second kappa shape index (κ2) is 6.52. The van der Waals surface area contributed by atoms with Crippen LogP contribution in [0.5, 0.6) is 0 Å². The summed E-state index contributed by atoms with van der Waals surface area (Å²) in [6.07, 6.45) is 2.67. The monoisotopic (exact) mass is 275 g/mol. The van der Waals surface area contributed by atoms with Crippen LogP contribution in [-0.2, 0) is 4.74 Å². The number of aromatic amines is 1. The van der Waals surface area contributed by atoms with E-state index in [-0.39, 0.29) is 11.9 Å². The lowest BCUT2D eigenvalue weighted by Crippen LogP contribution is -2.40. The van der Waals surface area contributed by atoms with E-state index in [1.807, 2.05) is 23.1 Å². The zero-order valence-corrected chi connectivity index (χ0v) is 12.2. The quantitative estimate of drug-likeness (QED) is 0.881. The zero-order valence-electron chi connectivity index (χ0n) is 12.2. The highest BCUT2D eigenvalue weighted by molar-refractivity contribution is 5.97. The molecule has 0 aliphatic rings. The molecule has 0 fully saturated rings. The van der Waals surface area contributed by atoms with Gasteiger partial charge >= 0.3 is 0 Å². The highest BCUT2D eigenvalue weighted by Gasteiger charge is 2.20. The zero-order chi connectivity index (χ0) is 14.5. The summed E-state index contributed by atoms with van der Waals surface area (Å²) >= 11 is 0. The molecule has 0 spiro atoms. The Balaban J connectivity index is 2.24. The van der Waals surface area contributed by atoms with Gasteiger partial charge in [-0.2, -0.15) is 5.10 Å². The topological polar surface area (TPSA) is 58.2 Å². The van der Waals surface area contributed by atoms with Crippen LogP contribution in [-0.4, -0.2) is 47.3 Å². The maximum atomic E-state index is 12.7. The van der Waals surface area contributed by atoms with Crippen LogP contribution < -0.4 is 0 Å². The van der Waals surface area contributed by atoms with Crippen LogP contribution in [0.2, 0.25) is 0 Å². The second-order valence-corrected chi connectivity index (χ2v) is 4.92. The van der Waals surface area contributed by atoms with E-state index in [2.05, 4.69) is 24.0 Å². The van der Waals surface area contributed by atoms with Crippen molar-refractivity contribution in [2.45, 2.75) is 26.3 Å². The predicted molar refractivity (Wildman–Crippen MR) is 78.8 cm³/mol. The number of carbonyl (C=O) groups is 1. The van der Waals surface area contributed by atoms with Crippen LogP contribution in [0.1, 0.15) is 30.6 Å². The van der Waals surface area contributed by atoms with Crippen LogP contribution in [0.25, 0.3) is 10.9 Å². The van der Waals surface area contributed by atoms with Crippen molar-refractivity contribution in [2.24, 2.45) is 0 Å². The van der Waals surface area contributed by atoms with Crippen LogP contribution >= 0.6 is 0 Å². The lowest BCUT2D eigenvalue weighted by atomic mass is 10.1. The van der Waals surface area contributed by atoms with E-state index in [9.17, 15) is 4.79 Å². The molecule has 2 rings (SSSR count). The van der Waals surface area contributed by atoms with E-state index in [4.69, 9.17) is 4.74 Å². The summed E-state index contributed by atoms with van der Waals surface area (Å²) in [6.45, 7) is 5.28. The maximum Gasteiger partial charge on any atom is 0.254 e. The number of ether oxygens (including phenoxy) is 1. The van der Waals surface area contributed by atoms with Crippen LogP contribution in [0, 0.1) is 0 Å². The third kappa shape index (κ3) is 2.99. The van der Waals surface area contributed by atoms with E-state index >= 15 is 0 Å². The number of methoxy groups -OCH3 is 1. The van der Waals surface area contributed by atoms with Crippen molar-refractivity contribution < 1.29 is 9.53 Å². The molecule has 108 valence electrons. The first-order valence-electron chi connectivity index (χ1n) is 6.90. The fourth-order valence-electron chi connectivity index (χ4n) is 2.17. The number of nitrogens with one attached hydrogen (secondary N) is 1. The molecule has 0 bridgehead atoms. The molecule has 5 heteroatoms. The largest absolute Gasteiger partial charge is 0.383 e. The van der Waals surface area contributed by atoms with Gasteiger partial charge in [0, 0.05) is 30.6 Å². The van der Waals surface area contributed by atoms with Gasteiger partial charge in [-0.15, -0.1) is 0 Å². The minimum absolute atomic E-state index is 0.0351. The number of aromatic nitrogens is 2. The summed E-state index contributed by atoms with van der Waals surface area (Å²) in [6, 6.07) is 5.81. The van der Waals surface area contributed by atoms with Gasteiger partial charge in [0.2, 0.25) is 0 Å². The van der Waals surface area contributed by atoms with Crippen molar-refractivity contribution >= 4 is 16.8 Å². The Labute approximate surface area is 118 Å². The number of hydrogen-bond acceptors (Lipinski definition) is 3. The first-order chi connectivity index (χ1) is 9.67. The van der Waals surface area contributed by atoms with Gasteiger partial charge in [-0.1, -0.05) is 13.0 Å². The summed E-state index contributed by atoms with van der Waals surface area (Å²) in [5.74, 6) is 0.0351. The standard InChI is InChI=1S/C15H21N3O2/c1-4-11(2)18(7-8-20-3)15(19)12-5-6-13-10-16-17-14(13)9-12/h5-6,9-11H,4,7-8H2,1-3H3,(H,16,17). The van der Waals surface area contributed by atoms with E-state index in [1.54, 1.807) is 13.3 Å². The summed E-state index contributed by atoms with van der Waals surface area (Å²) in [7, 11) is 1.65. The molecular formula is C15H21N3O2. The van der Waals surface area contributed by atoms with E-state index in [0.717, 1.165) is 17.3 Å². The van der Waals surface area contributed by atoms with E-state index in [1.165, 1.54) is 0 Å². The molecule has 0 aliphatic heterocycles. The van der Waals surface area contributed by atoms with Crippen LogP contribution in [0.4, 0.5) is 0 Å². The maximum absolute atomic E-state index is 12.7. The Kier molecular flexibility index (Phi) is 4.74. The van der Waals surface area contributed by atoms with Gasteiger partial charge in [0.1, 0.15) is 0 Å². The SMILES string of the molecule is CCC(C)N(CCOC)C(=O)c1ccc2cn[nH]c2c1. The third-order valence-electron chi connectivity index (χ3n) is 3.61. The normalized spacial score (nSPS) is 12.6. The molecular weight excluding hydrogens is 254 g/mol. The molecule has 1 aromatic heterocycles. The van der Waals surface area contributed by atoms with Crippen LogP contribution in [0.3, 0.4) is 0 Å². The molecule has 0 saturated carbocycles. The molecule has 0 aliphatic carbocycles. The number of fused-ring (bicyclic) bond motifs is 1. The number of carbonyl (C=O) groups excluding carboxylic acids is 1. The predicted octanol–water partition coefficient (Wildman–Crippen LogP) is 2.45. The lowest BCUT2D eigenvalue weighted by molar-refractivity contribution is 0.0614. The van der Waals surface area contributed by atoms with Crippen molar-refractivity contribution in [3.8, 4) is 0 Å². The Morgan fingerprint density at radius 2 is 2.30 bits per heavy atom. The third-order valence-corrected chi connectivity index (χ3v) is 3.61. The van der Waals surface area contributed by atoms with Gasteiger partial charge in [0.25, 0.3) is 5.91 Å². The summed E-state index contributed by atoms with van der Waals surface area (Å²) in [5, 5.41) is 7.88. The Morgan fingerprint density at radius 3 is 3.00 bits per heavy atom. The average Bonchev–Trinajstić information content (AvgIpc) is 2.94. The number of amides is 1. The average molecular weight is 275 g/mol. The smallest absolute Gasteiger partial charge is 0.254 e. The number of nitrogens with zero attached hydrogens (tertiary/aromatic N) is 2. The van der Waals surface area contributed by atoms with Gasteiger partial charge in [0.05, 0.1) is 18.3 Å². The first kappa shape index (κ1) is 14.5. The molecule has 20 heavy (non-hydrogen) atoms. The van der Waals surface area contributed by atoms with Gasteiger partial charge in [0.15, 0.2) is 0 Å². The lowest BCUT2D eigenvalue weighted by Gasteiger charge is -2.28. The second-order valence-electron chi connectivity index (χ2n) is 4.92. The number of H-pyrrole nitrogens is 1. The fraction of sp³-hybridized carbons (Fsp3) is 0.467. The van der Waals surface area contributed by atoms with Crippen molar-refractivity contribution in [3.63, 3.8) is 0 Å². The molecule has 5 nitrogen and oxygen atoms in total. The molecule has 0 radical (unpaired) electrons. The number of benzene rings is 1. The summed E-state index contributed by atoms with van der Waals surface area (Å²) < 4.78 is 5.10. The molecule has 1 heterocycles. The summed E-state index contributed by atoms with van der Waals surface area (Å²) in [5.41, 5.74) is 1.56. The van der Waals surface area contributed by atoms with Crippen molar-refractivity contribution in [1.82, 2.24) is 15.1 Å². The molecule has 1 atom stereocenters. The molecule has 0 saturated heterocycles. The van der Waals surface area contributed by atoms with Crippen molar-refractivity contribution in [1.29, 1.82) is 0 Å². The molecule has 2 aromatic rings. The van der Waals surface area contributed by atoms with Gasteiger partial charge in [-0.05, 0) is 25.5 Å². The van der Waals surface area contributed by atoms with Crippen LogP contribution in [0.15, 0.2) is 24.4 Å². The minimum atomic E-state index is 0.0351. The molecule has 1 unspecified atom stereocenters. The Morgan fingerprint density at radius 1 is 1.50 bits per heavy atom. The van der Waals surface area contributed by atoms with E-state index in [0.29, 0.717) is 18.7 Å². The Hall–Kier alpha value is -1.88. The number of hydrogen-bond donors (Lipinski definition) is 1. The van der Waals surface area contributed by atoms with Crippen molar-refractivity contribution in [3.05, 3.63) is 30.0 Å². The first-order valence-corrected chi connectivity index (χ1v) is 6.90. The summed E-state index contributed by atoms with van der Waals surface area (Å²) in [4.78, 5) is 14.5. The molecule has 1 N–H and O–H groups in total. The fourth-order valence-corrected chi connectivity index (χ4v) is 2.17. The number of rotatable bonds is 6. The van der Waals surface area contributed by atoms with Gasteiger partial charge < -0.3 is 9.64 Å². The molecule has 1 amide bonds. The van der Waals surface area contributed by atoms with Crippen molar-refractivity contribution in [2.75, 3.05) is 20.3 Å². The van der Waals surface area contributed by atoms with Gasteiger partial charge in [-0.3, -0.25) is 9.89 Å². The highest BCUT2D eigenvalue weighted by atomic mass is 16.5. The minimum Gasteiger partial charge on any atom is -0.383 e.